The zero-order valence-electron chi connectivity index (χ0n) is 12.0. The van der Waals surface area contributed by atoms with Crippen LogP contribution in [0.5, 0.6) is 0 Å². The summed E-state index contributed by atoms with van der Waals surface area (Å²) < 4.78 is 0. The van der Waals surface area contributed by atoms with Crippen LogP contribution in [0, 0.1) is 0 Å². The van der Waals surface area contributed by atoms with E-state index in [2.05, 4.69) is 66.0 Å². The summed E-state index contributed by atoms with van der Waals surface area (Å²) in [5, 5.41) is 3.66. The van der Waals surface area contributed by atoms with Crippen LogP contribution in [0.3, 0.4) is 0 Å². The van der Waals surface area contributed by atoms with E-state index in [1.807, 2.05) is 0 Å². The highest BCUT2D eigenvalue weighted by Gasteiger charge is 2.08. The van der Waals surface area contributed by atoms with Crippen molar-refractivity contribution < 1.29 is 0 Å². The largest absolute Gasteiger partial charge is 0.330 e. The minimum absolute atomic E-state index is 0.487. The predicted molar refractivity (Wildman–Crippen MR) is 85.5 cm³/mol. The second-order valence-electron chi connectivity index (χ2n) is 5.18. The Kier molecular flexibility index (Phi) is 6.28. The molecule has 0 aliphatic heterocycles. The molecule has 2 nitrogen and oxygen atoms in total. The Bertz CT molecular complexity index is 467. The molecule has 106 valence electrons. The average molecular weight is 268 g/mol. The molecule has 0 aromatic heterocycles. The lowest BCUT2D eigenvalue weighted by Crippen LogP contribution is -2.31. The first-order valence-corrected chi connectivity index (χ1v) is 7.40. The summed E-state index contributed by atoms with van der Waals surface area (Å²) >= 11 is 0. The smallest absolute Gasteiger partial charge is 0.0208 e. The Balaban J connectivity index is 1.89. The van der Waals surface area contributed by atoms with E-state index in [-0.39, 0.29) is 0 Å². The SMILES string of the molecule is NCCCC(Cc1ccccc1)NCc1ccccc1. The third-order valence-corrected chi connectivity index (χ3v) is 3.52. The zero-order chi connectivity index (χ0) is 14.0. The molecule has 0 saturated carbocycles. The van der Waals surface area contributed by atoms with Gasteiger partial charge in [-0.15, -0.1) is 0 Å². The van der Waals surface area contributed by atoms with Crippen molar-refractivity contribution in [2.24, 2.45) is 5.73 Å². The third kappa shape index (κ3) is 5.16. The van der Waals surface area contributed by atoms with Crippen LogP contribution in [0.1, 0.15) is 24.0 Å². The van der Waals surface area contributed by atoms with E-state index in [0.29, 0.717) is 6.04 Å². The molecule has 0 saturated heterocycles. The highest BCUT2D eigenvalue weighted by molar-refractivity contribution is 5.17. The fourth-order valence-corrected chi connectivity index (χ4v) is 2.40. The Morgan fingerprint density at radius 2 is 1.45 bits per heavy atom. The molecule has 2 aromatic rings. The first kappa shape index (κ1) is 14.8. The van der Waals surface area contributed by atoms with Gasteiger partial charge >= 0.3 is 0 Å². The van der Waals surface area contributed by atoms with E-state index < -0.39 is 0 Å². The monoisotopic (exact) mass is 268 g/mol. The van der Waals surface area contributed by atoms with Gasteiger partial charge in [-0.05, 0) is 36.9 Å². The third-order valence-electron chi connectivity index (χ3n) is 3.52. The molecule has 0 aliphatic rings. The molecule has 2 rings (SSSR count). The van der Waals surface area contributed by atoms with Gasteiger partial charge in [0, 0.05) is 12.6 Å². The van der Waals surface area contributed by atoms with Gasteiger partial charge in [-0.2, -0.15) is 0 Å². The Labute approximate surface area is 122 Å². The summed E-state index contributed by atoms with van der Waals surface area (Å²) in [6.07, 6.45) is 3.26. The number of nitrogens with one attached hydrogen (secondary N) is 1. The minimum atomic E-state index is 0.487. The van der Waals surface area contributed by atoms with Crippen molar-refractivity contribution in [1.82, 2.24) is 5.32 Å². The van der Waals surface area contributed by atoms with Gasteiger partial charge in [0.05, 0.1) is 0 Å². The molecular formula is C18H24N2. The van der Waals surface area contributed by atoms with Crippen LogP contribution >= 0.6 is 0 Å². The van der Waals surface area contributed by atoms with Crippen molar-refractivity contribution in [3.63, 3.8) is 0 Å². The first-order valence-electron chi connectivity index (χ1n) is 7.40. The minimum Gasteiger partial charge on any atom is -0.330 e. The van der Waals surface area contributed by atoms with Crippen LogP contribution in [-0.2, 0) is 13.0 Å². The fraction of sp³-hybridized carbons (Fsp3) is 0.333. The van der Waals surface area contributed by atoms with Gasteiger partial charge in [-0.25, -0.2) is 0 Å². The summed E-state index contributed by atoms with van der Waals surface area (Å²) in [6.45, 7) is 1.68. The Morgan fingerprint density at radius 1 is 0.850 bits per heavy atom. The number of hydrogen-bond acceptors (Lipinski definition) is 2. The summed E-state index contributed by atoms with van der Waals surface area (Å²) in [6, 6.07) is 21.7. The molecule has 3 N–H and O–H groups in total. The normalized spacial score (nSPS) is 12.2. The van der Waals surface area contributed by atoms with Crippen LogP contribution in [0.25, 0.3) is 0 Å². The quantitative estimate of drug-likeness (QED) is 0.772. The van der Waals surface area contributed by atoms with Gasteiger partial charge in [-0.3, -0.25) is 0 Å². The van der Waals surface area contributed by atoms with Crippen LogP contribution in [0.2, 0.25) is 0 Å². The molecule has 0 fully saturated rings. The van der Waals surface area contributed by atoms with E-state index >= 15 is 0 Å². The number of nitrogens with two attached hydrogens (primary N) is 1. The molecular weight excluding hydrogens is 244 g/mol. The molecule has 20 heavy (non-hydrogen) atoms. The van der Waals surface area contributed by atoms with Gasteiger partial charge in [-0.1, -0.05) is 60.7 Å². The van der Waals surface area contributed by atoms with Crippen LogP contribution in [0.15, 0.2) is 60.7 Å². The summed E-state index contributed by atoms with van der Waals surface area (Å²) in [4.78, 5) is 0. The van der Waals surface area contributed by atoms with Crippen molar-refractivity contribution >= 4 is 0 Å². The lowest BCUT2D eigenvalue weighted by molar-refractivity contribution is 0.466. The molecule has 0 aliphatic carbocycles. The summed E-state index contributed by atoms with van der Waals surface area (Å²) in [7, 11) is 0. The summed E-state index contributed by atoms with van der Waals surface area (Å²) in [5.74, 6) is 0. The molecule has 0 radical (unpaired) electrons. The zero-order valence-corrected chi connectivity index (χ0v) is 12.0. The molecule has 2 aromatic carbocycles. The topological polar surface area (TPSA) is 38.0 Å². The molecule has 0 spiro atoms. The standard InChI is InChI=1S/C18H24N2/c19-13-7-12-18(14-16-8-3-1-4-9-16)20-15-17-10-5-2-6-11-17/h1-6,8-11,18,20H,7,12-15,19H2. The van der Waals surface area contributed by atoms with Crippen molar-refractivity contribution in [2.75, 3.05) is 6.54 Å². The van der Waals surface area contributed by atoms with E-state index in [1.165, 1.54) is 11.1 Å². The van der Waals surface area contributed by atoms with E-state index in [1.54, 1.807) is 0 Å². The Hall–Kier alpha value is -1.64. The lowest BCUT2D eigenvalue weighted by atomic mass is 10.0. The number of rotatable bonds is 8. The lowest BCUT2D eigenvalue weighted by Gasteiger charge is -2.19. The molecule has 1 atom stereocenters. The van der Waals surface area contributed by atoms with Gasteiger partial charge in [0.2, 0.25) is 0 Å². The maximum absolute atomic E-state index is 5.65. The number of benzene rings is 2. The van der Waals surface area contributed by atoms with E-state index in [9.17, 15) is 0 Å². The van der Waals surface area contributed by atoms with Crippen molar-refractivity contribution in [2.45, 2.75) is 31.8 Å². The molecule has 0 heterocycles. The van der Waals surface area contributed by atoms with Crippen LogP contribution < -0.4 is 11.1 Å². The van der Waals surface area contributed by atoms with Crippen molar-refractivity contribution in [3.05, 3.63) is 71.8 Å². The maximum atomic E-state index is 5.65. The van der Waals surface area contributed by atoms with Crippen LogP contribution in [-0.4, -0.2) is 12.6 Å². The van der Waals surface area contributed by atoms with Crippen molar-refractivity contribution in [1.29, 1.82) is 0 Å². The molecule has 1 unspecified atom stereocenters. The van der Waals surface area contributed by atoms with E-state index in [0.717, 1.165) is 32.4 Å². The second kappa shape index (κ2) is 8.51. The molecule has 0 amide bonds. The van der Waals surface area contributed by atoms with Crippen LogP contribution in [0.4, 0.5) is 0 Å². The highest BCUT2D eigenvalue weighted by Crippen LogP contribution is 2.09. The predicted octanol–water partition coefficient (Wildman–Crippen LogP) is 3.13. The second-order valence-corrected chi connectivity index (χ2v) is 5.18. The van der Waals surface area contributed by atoms with Gasteiger partial charge in [0.1, 0.15) is 0 Å². The summed E-state index contributed by atoms with van der Waals surface area (Å²) in [5.41, 5.74) is 8.37. The van der Waals surface area contributed by atoms with Crippen molar-refractivity contribution in [3.8, 4) is 0 Å². The highest BCUT2D eigenvalue weighted by atomic mass is 14.9. The van der Waals surface area contributed by atoms with E-state index in [4.69, 9.17) is 5.73 Å². The van der Waals surface area contributed by atoms with Gasteiger partial charge in [0.15, 0.2) is 0 Å². The van der Waals surface area contributed by atoms with Gasteiger partial charge in [0.25, 0.3) is 0 Å². The number of hydrogen-bond donors (Lipinski definition) is 2. The Morgan fingerprint density at radius 3 is 2.05 bits per heavy atom. The fourth-order valence-electron chi connectivity index (χ4n) is 2.40. The first-order chi connectivity index (χ1) is 9.88. The molecule has 2 heteroatoms. The maximum Gasteiger partial charge on any atom is 0.0208 e. The molecule has 0 bridgehead atoms. The van der Waals surface area contributed by atoms with Gasteiger partial charge < -0.3 is 11.1 Å². The average Bonchev–Trinajstić information content (AvgIpc) is 2.52.